The summed E-state index contributed by atoms with van der Waals surface area (Å²) in [7, 11) is 0. The Labute approximate surface area is 134 Å². The minimum atomic E-state index is -0.485. The van der Waals surface area contributed by atoms with E-state index in [0.717, 1.165) is 30.6 Å². The van der Waals surface area contributed by atoms with E-state index in [2.05, 4.69) is 9.97 Å². The Balaban J connectivity index is 1.95. The van der Waals surface area contributed by atoms with Gasteiger partial charge in [-0.05, 0) is 31.0 Å². The molecule has 1 aromatic heterocycles. The van der Waals surface area contributed by atoms with E-state index in [1.165, 1.54) is 0 Å². The van der Waals surface area contributed by atoms with Crippen molar-refractivity contribution in [3.8, 4) is 11.4 Å². The van der Waals surface area contributed by atoms with Crippen molar-refractivity contribution in [2.75, 3.05) is 6.54 Å². The summed E-state index contributed by atoms with van der Waals surface area (Å²) in [6, 6.07) is 8.76. The second kappa shape index (κ2) is 6.16. The Hall–Kier alpha value is -2.76. The summed E-state index contributed by atoms with van der Waals surface area (Å²) < 4.78 is 0. The molecule has 118 valence electrons. The third kappa shape index (κ3) is 3.06. The molecule has 6 nitrogen and oxygen atoms in total. The second-order valence-electron chi connectivity index (χ2n) is 5.62. The number of carbonyl (C=O) groups is 2. The Morgan fingerprint density at radius 2 is 2.13 bits per heavy atom. The molecule has 0 bridgehead atoms. The van der Waals surface area contributed by atoms with Gasteiger partial charge >= 0.3 is 0 Å². The standard InChI is InChI=1S/C17H18N4O2/c1-11(22)21-9-3-6-15(21)14-7-8-19-17(20-14)13-5-2-4-12(10-13)16(18)23/h2,4-5,7-8,10,15H,3,6,9H2,1H3,(H2,18,23)/t15-/m0/s1. The van der Waals surface area contributed by atoms with Gasteiger partial charge in [0.05, 0.1) is 11.7 Å². The van der Waals surface area contributed by atoms with Crippen LogP contribution in [0.1, 0.15) is 41.9 Å². The Bertz CT molecular complexity index is 760. The monoisotopic (exact) mass is 310 g/mol. The molecule has 1 saturated heterocycles. The molecule has 2 N–H and O–H groups in total. The van der Waals surface area contributed by atoms with Gasteiger partial charge in [0.25, 0.3) is 0 Å². The first-order chi connectivity index (χ1) is 11.1. The Kier molecular flexibility index (Phi) is 4.06. The number of nitrogens with two attached hydrogens (primary N) is 1. The van der Waals surface area contributed by atoms with Crippen molar-refractivity contribution >= 4 is 11.8 Å². The van der Waals surface area contributed by atoms with Crippen molar-refractivity contribution in [1.29, 1.82) is 0 Å². The lowest BCUT2D eigenvalue weighted by atomic mass is 10.1. The maximum absolute atomic E-state index is 11.7. The van der Waals surface area contributed by atoms with Crippen molar-refractivity contribution in [3.63, 3.8) is 0 Å². The molecule has 1 atom stereocenters. The number of rotatable bonds is 3. The molecule has 0 radical (unpaired) electrons. The van der Waals surface area contributed by atoms with Crippen LogP contribution < -0.4 is 5.73 Å². The quantitative estimate of drug-likeness (QED) is 0.938. The van der Waals surface area contributed by atoms with Crippen LogP contribution in [0.5, 0.6) is 0 Å². The predicted molar refractivity (Wildman–Crippen MR) is 85.3 cm³/mol. The number of hydrogen-bond donors (Lipinski definition) is 1. The lowest BCUT2D eigenvalue weighted by molar-refractivity contribution is -0.129. The van der Waals surface area contributed by atoms with Crippen LogP contribution in [-0.2, 0) is 4.79 Å². The number of carbonyl (C=O) groups excluding carboxylic acids is 2. The summed E-state index contributed by atoms with van der Waals surface area (Å²) in [6.45, 7) is 2.34. The summed E-state index contributed by atoms with van der Waals surface area (Å²) >= 11 is 0. The minimum absolute atomic E-state index is 0.00595. The molecule has 1 aromatic carbocycles. The third-order valence-corrected chi connectivity index (χ3v) is 4.08. The summed E-state index contributed by atoms with van der Waals surface area (Å²) in [5, 5.41) is 0. The fourth-order valence-electron chi connectivity index (χ4n) is 2.96. The molecule has 1 fully saturated rings. The largest absolute Gasteiger partial charge is 0.366 e. The lowest BCUT2D eigenvalue weighted by Gasteiger charge is -2.22. The number of likely N-dealkylation sites (tertiary alicyclic amines) is 1. The van der Waals surface area contributed by atoms with Crippen LogP contribution in [0.4, 0.5) is 0 Å². The normalized spacial score (nSPS) is 17.3. The number of hydrogen-bond acceptors (Lipinski definition) is 4. The van der Waals surface area contributed by atoms with E-state index in [4.69, 9.17) is 5.73 Å². The topological polar surface area (TPSA) is 89.2 Å². The van der Waals surface area contributed by atoms with E-state index in [0.29, 0.717) is 11.4 Å². The molecule has 0 saturated carbocycles. The molecular weight excluding hydrogens is 292 g/mol. The summed E-state index contributed by atoms with van der Waals surface area (Å²) in [6.07, 6.45) is 3.56. The molecule has 2 heterocycles. The van der Waals surface area contributed by atoms with Crippen LogP contribution in [0, 0.1) is 0 Å². The number of nitrogens with zero attached hydrogens (tertiary/aromatic N) is 3. The summed E-state index contributed by atoms with van der Waals surface area (Å²) in [4.78, 5) is 33.8. The van der Waals surface area contributed by atoms with Gasteiger partial charge in [-0.15, -0.1) is 0 Å². The second-order valence-corrected chi connectivity index (χ2v) is 5.62. The maximum Gasteiger partial charge on any atom is 0.248 e. The van der Waals surface area contributed by atoms with E-state index in [9.17, 15) is 9.59 Å². The van der Waals surface area contributed by atoms with Crippen LogP contribution in [-0.4, -0.2) is 33.2 Å². The van der Waals surface area contributed by atoms with E-state index in [1.54, 1.807) is 31.3 Å². The van der Waals surface area contributed by atoms with Gasteiger partial charge in [0.1, 0.15) is 0 Å². The highest BCUT2D eigenvalue weighted by atomic mass is 16.2. The van der Waals surface area contributed by atoms with Gasteiger partial charge < -0.3 is 10.6 Å². The van der Waals surface area contributed by atoms with Gasteiger partial charge in [0.15, 0.2) is 5.82 Å². The van der Waals surface area contributed by atoms with E-state index in [1.807, 2.05) is 17.0 Å². The molecule has 6 heteroatoms. The number of aromatic nitrogens is 2. The average molecular weight is 310 g/mol. The SMILES string of the molecule is CC(=O)N1CCC[C@H]1c1ccnc(-c2cccc(C(N)=O)c2)n1. The van der Waals surface area contributed by atoms with Gasteiger partial charge in [-0.2, -0.15) is 0 Å². The molecular formula is C17H18N4O2. The fourth-order valence-corrected chi connectivity index (χ4v) is 2.96. The first kappa shape index (κ1) is 15.1. The maximum atomic E-state index is 11.7. The zero-order valence-corrected chi connectivity index (χ0v) is 12.9. The van der Waals surface area contributed by atoms with Crippen molar-refractivity contribution in [2.45, 2.75) is 25.8 Å². The molecule has 3 rings (SSSR count). The molecule has 1 aliphatic rings. The molecule has 2 amide bonds. The molecule has 0 unspecified atom stereocenters. The highest BCUT2D eigenvalue weighted by Crippen LogP contribution is 2.31. The van der Waals surface area contributed by atoms with Crippen molar-refractivity contribution in [2.24, 2.45) is 5.73 Å². The smallest absolute Gasteiger partial charge is 0.248 e. The van der Waals surface area contributed by atoms with Gasteiger partial charge in [0.2, 0.25) is 11.8 Å². The van der Waals surface area contributed by atoms with Crippen LogP contribution in [0.3, 0.4) is 0 Å². The van der Waals surface area contributed by atoms with Gasteiger partial charge in [-0.3, -0.25) is 9.59 Å². The Morgan fingerprint density at radius 1 is 1.30 bits per heavy atom. The summed E-state index contributed by atoms with van der Waals surface area (Å²) in [5.41, 5.74) is 7.30. The molecule has 1 aliphatic heterocycles. The van der Waals surface area contributed by atoms with Crippen LogP contribution >= 0.6 is 0 Å². The van der Waals surface area contributed by atoms with Gasteiger partial charge in [-0.25, -0.2) is 9.97 Å². The molecule has 0 aliphatic carbocycles. The van der Waals surface area contributed by atoms with Crippen molar-refractivity contribution < 1.29 is 9.59 Å². The van der Waals surface area contributed by atoms with Crippen LogP contribution in [0.25, 0.3) is 11.4 Å². The molecule has 0 spiro atoms. The van der Waals surface area contributed by atoms with E-state index < -0.39 is 5.91 Å². The number of primary amides is 1. The zero-order valence-electron chi connectivity index (χ0n) is 12.9. The zero-order chi connectivity index (χ0) is 16.4. The fraction of sp³-hybridized carbons (Fsp3) is 0.294. The first-order valence-corrected chi connectivity index (χ1v) is 7.56. The number of amides is 2. The van der Waals surface area contributed by atoms with Crippen LogP contribution in [0.2, 0.25) is 0 Å². The lowest BCUT2D eigenvalue weighted by Crippen LogP contribution is -2.28. The van der Waals surface area contributed by atoms with E-state index >= 15 is 0 Å². The Morgan fingerprint density at radius 3 is 2.87 bits per heavy atom. The molecule has 2 aromatic rings. The van der Waals surface area contributed by atoms with Crippen molar-refractivity contribution in [1.82, 2.24) is 14.9 Å². The molecule has 23 heavy (non-hydrogen) atoms. The number of benzene rings is 1. The van der Waals surface area contributed by atoms with Crippen LogP contribution in [0.15, 0.2) is 36.5 Å². The highest BCUT2D eigenvalue weighted by molar-refractivity contribution is 5.93. The van der Waals surface area contributed by atoms with Gasteiger partial charge in [-0.1, -0.05) is 12.1 Å². The highest BCUT2D eigenvalue weighted by Gasteiger charge is 2.29. The van der Waals surface area contributed by atoms with Gasteiger partial charge in [0, 0.05) is 30.8 Å². The first-order valence-electron chi connectivity index (χ1n) is 7.56. The van der Waals surface area contributed by atoms with E-state index in [-0.39, 0.29) is 11.9 Å². The third-order valence-electron chi connectivity index (χ3n) is 4.08. The minimum Gasteiger partial charge on any atom is -0.366 e. The van der Waals surface area contributed by atoms with Crippen molar-refractivity contribution in [3.05, 3.63) is 47.8 Å². The average Bonchev–Trinajstić information content (AvgIpc) is 3.05. The summed E-state index contributed by atoms with van der Waals surface area (Å²) in [5.74, 6) is 0.103. The predicted octanol–water partition coefficient (Wildman–Crippen LogP) is 1.93.